The molecule has 0 aliphatic rings. The normalized spacial score (nSPS) is 10.5. The van der Waals surface area contributed by atoms with Gasteiger partial charge in [0, 0.05) is 41.9 Å². The number of anilines is 2. The van der Waals surface area contributed by atoms with Crippen molar-refractivity contribution in [1.29, 1.82) is 0 Å². The molecule has 0 spiro atoms. The highest BCUT2D eigenvalue weighted by atomic mass is 16.2. The van der Waals surface area contributed by atoms with Crippen molar-refractivity contribution in [1.82, 2.24) is 10.3 Å². The third-order valence-electron chi connectivity index (χ3n) is 4.18. The molecule has 7 heteroatoms. The number of carbonyl (C=O) groups is 3. The Hall–Kier alpha value is -3.61. The zero-order valence-corrected chi connectivity index (χ0v) is 15.5. The molecule has 0 unspecified atom stereocenters. The number of benzene rings is 2. The fraction of sp³-hybridized carbons (Fsp3) is 0.190. The molecular formula is C21H22N4O3. The number of hydrogen-bond donors (Lipinski definition) is 4. The van der Waals surface area contributed by atoms with E-state index in [2.05, 4.69) is 20.9 Å². The molecule has 2 aromatic carbocycles. The maximum absolute atomic E-state index is 12.1. The molecule has 0 bridgehead atoms. The number of H-pyrrole nitrogens is 1. The minimum absolute atomic E-state index is 0.196. The largest absolute Gasteiger partial charge is 0.361 e. The number of amides is 3. The first-order chi connectivity index (χ1) is 13.5. The summed E-state index contributed by atoms with van der Waals surface area (Å²) in [4.78, 5) is 38.4. The molecule has 3 rings (SSSR count). The van der Waals surface area contributed by atoms with Gasteiger partial charge in [-0.25, -0.2) is 0 Å². The highest BCUT2D eigenvalue weighted by Crippen LogP contribution is 2.18. The highest BCUT2D eigenvalue weighted by Gasteiger charge is 2.10. The van der Waals surface area contributed by atoms with Crippen molar-refractivity contribution in [2.75, 3.05) is 17.2 Å². The molecule has 0 radical (unpaired) electrons. The molecule has 1 aromatic heterocycles. The molecule has 1 heterocycles. The molecule has 0 saturated heterocycles. The van der Waals surface area contributed by atoms with E-state index in [0.717, 1.165) is 16.5 Å². The minimum atomic E-state index is -0.412. The Kier molecular flexibility index (Phi) is 6.06. The first kappa shape index (κ1) is 19.2. The smallest absolute Gasteiger partial charge is 0.233 e. The van der Waals surface area contributed by atoms with E-state index in [0.29, 0.717) is 24.3 Å². The van der Waals surface area contributed by atoms with Crippen molar-refractivity contribution in [3.05, 3.63) is 60.3 Å². The number of rotatable bonds is 7. The topological polar surface area (TPSA) is 103 Å². The number of hydrogen-bond acceptors (Lipinski definition) is 3. The van der Waals surface area contributed by atoms with Crippen molar-refractivity contribution in [3.8, 4) is 0 Å². The molecule has 0 aliphatic heterocycles. The summed E-state index contributed by atoms with van der Waals surface area (Å²) in [7, 11) is 0. The van der Waals surface area contributed by atoms with Crippen LogP contribution in [0, 0.1) is 0 Å². The van der Waals surface area contributed by atoms with Crippen LogP contribution in [0.5, 0.6) is 0 Å². The third kappa shape index (κ3) is 5.20. The molecule has 3 amide bonds. The van der Waals surface area contributed by atoms with Crippen molar-refractivity contribution in [2.45, 2.75) is 19.8 Å². The van der Waals surface area contributed by atoms with Crippen molar-refractivity contribution in [3.63, 3.8) is 0 Å². The Bertz CT molecular complexity index is 1010. The molecule has 4 N–H and O–H groups in total. The van der Waals surface area contributed by atoms with Gasteiger partial charge in [0.1, 0.15) is 6.42 Å². The van der Waals surface area contributed by atoms with Gasteiger partial charge in [-0.3, -0.25) is 14.4 Å². The Morgan fingerprint density at radius 1 is 0.929 bits per heavy atom. The first-order valence-electron chi connectivity index (χ1n) is 9.00. The van der Waals surface area contributed by atoms with Crippen molar-refractivity contribution >= 4 is 40.0 Å². The van der Waals surface area contributed by atoms with Gasteiger partial charge in [0.05, 0.1) is 0 Å². The fourth-order valence-corrected chi connectivity index (χ4v) is 2.97. The summed E-state index contributed by atoms with van der Waals surface area (Å²) < 4.78 is 0. The second-order valence-electron chi connectivity index (χ2n) is 6.45. The number of aromatic nitrogens is 1. The Morgan fingerprint density at radius 2 is 1.68 bits per heavy atom. The van der Waals surface area contributed by atoms with E-state index in [1.165, 1.54) is 6.92 Å². The molecule has 0 atom stereocenters. The number of para-hydroxylation sites is 1. The Balaban J connectivity index is 1.45. The zero-order valence-electron chi connectivity index (χ0n) is 15.5. The van der Waals surface area contributed by atoms with E-state index in [1.54, 1.807) is 24.3 Å². The van der Waals surface area contributed by atoms with Crippen LogP contribution in [0.1, 0.15) is 18.9 Å². The van der Waals surface area contributed by atoms with Crippen LogP contribution in [0.3, 0.4) is 0 Å². The predicted octanol–water partition coefficient (Wildman–Crippen LogP) is 2.81. The van der Waals surface area contributed by atoms with Gasteiger partial charge in [0.25, 0.3) is 0 Å². The predicted molar refractivity (Wildman–Crippen MR) is 109 cm³/mol. The number of aromatic amines is 1. The lowest BCUT2D eigenvalue weighted by Crippen LogP contribution is -2.29. The molecule has 28 heavy (non-hydrogen) atoms. The number of carbonyl (C=O) groups excluding carboxylic acids is 3. The van der Waals surface area contributed by atoms with Gasteiger partial charge in [0.2, 0.25) is 17.7 Å². The van der Waals surface area contributed by atoms with E-state index >= 15 is 0 Å². The summed E-state index contributed by atoms with van der Waals surface area (Å²) in [6, 6.07) is 14.7. The Morgan fingerprint density at radius 3 is 2.46 bits per heavy atom. The summed E-state index contributed by atoms with van der Waals surface area (Å²) in [5.41, 5.74) is 3.27. The lowest BCUT2D eigenvalue weighted by Gasteiger charge is -2.08. The molecule has 144 valence electrons. The van der Waals surface area contributed by atoms with Crippen LogP contribution in [0.2, 0.25) is 0 Å². The van der Waals surface area contributed by atoms with Crippen LogP contribution in [0.25, 0.3) is 10.9 Å². The molecule has 3 aromatic rings. The summed E-state index contributed by atoms with van der Waals surface area (Å²) in [6.07, 6.45) is 2.35. The fourth-order valence-electron chi connectivity index (χ4n) is 2.97. The first-order valence-corrected chi connectivity index (χ1v) is 9.00. The maximum Gasteiger partial charge on any atom is 0.233 e. The van der Waals surface area contributed by atoms with Gasteiger partial charge in [0.15, 0.2) is 0 Å². The Labute approximate surface area is 162 Å². The van der Waals surface area contributed by atoms with Gasteiger partial charge < -0.3 is 20.9 Å². The van der Waals surface area contributed by atoms with Gasteiger partial charge in [-0.15, -0.1) is 0 Å². The second kappa shape index (κ2) is 8.85. The van der Waals surface area contributed by atoms with E-state index in [9.17, 15) is 14.4 Å². The van der Waals surface area contributed by atoms with Crippen LogP contribution < -0.4 is 16.0 Å². The van der Waals surface area contributed by atoms with E-state index in [-0.39, 0.29) is 18.2 Å². The van der Waals surface area contributed by atoms with Crippen molar-refractivity contribution < 1.29 is 14.4 Å². The SMILES string of the molecule is CC(=O)Nc1cccc(NC(=O)CC(=O)NCCc2c[nH]c3ccccc23)c1. The van der Waals surface area contributed by atoms with Gasteiger partial charge in [-0.1, -0.05) is 24.3 Å². The average molecular weight is 378 g/mol. The standard InChI is InChI=1S/C21H22N4O3/c1-14(26)24-16-5-4-6-17(11-16)25-21(28)12-20(27)22-10-9-15-13-23-19-8-3-2-7-18(15)19/h2-8,11,13,23H,9-10,12H2,1H3,(H,22,27)(H,24,26)(H,25,28). The zero-order chi connectivity index (χ0) is 19.9. The second-order valence-corrected chi connectivity index (χ2v) is 6.45. The number of nitrogens with one attached hydrogen (secondary N) is 4. The van der Waals surface area contributed by atoms with E-state index in [4.69, 9.17) is 0 Å². The number of fused-ring (bicyclic) bond motifs is 1. The van der Waals surface area contributed by atoms with Gasteiger partial charge >= 0.3 is 0 Å². The highest BCUT2D eigenvalue weighted by molar-refractivity contribution is 6.04. The molecule has 0 saturated carbocycles. The monoisotopic (exact) mass is 378 g/mol. The molecular weight excluding hydrogens is 356 g/mol. The van der Waals surface area contributed by atoms with Crippen molar-refractivity contribution in [2.24, 2.45) is 0 Å². The van der Waals surface area contributed by atoms with E-state index in [1.807, 2.05) is 30.5 Å². The van der Waals surface area contributed by atoms with Gasteiger partial charge in [-0.05, 0) is 36.2 Å². The van der Waals surface area contributed by atoms with Crippen LogP contribution in [-0.4, -0.2) is 29.3 Å². The molecule has 7 nitrogen and oxygen atoms in total. The summed E-state index contributed by atoms with van der Waals surface area (Å²) in [5.74, 6) is -0.946. The average Bonchev–Trinajstić information content (AvgIpc) is 3.04. The summed E-state index contributed by atoms with van der Waals surface area (Å²) >= 11 is 0. The summed E-state index contributed by atoms with van der Waals surface area (Å²) in [6.45, 7) is 1.86. The maximum atomic E-state index is 12.1. The van der Waals surface area contributed by atoms with E-state index < -0.39 is 5.91 Å². The van der Waals surface area contributed by atoms with Crippen LogP contribution in [-0.2, 0) is 20.8 Å². The van der Waals surface area contributed by atoms with Crippen LogP contribution in [0.4, 0.5) is 11.4 Å². The van der Waals surface area contributed by atoms with Gasteiger partial charge in [-0.2, -0.15) is 0 Å². The lowest BCUT2D eigenvalue weighted by atomic mass is 10.1. The van der Waals surface area contributed by atoms with Crippen LogP contribution >= 0.6 is 0 Å². The lowest BCUT2D eigenvalue weighted by molar-refractivity contribution is -0.126. The molecule has 0 fully saturated rings. The molecule has 0 aliphatic carbocycles. The third-order valence-corrected chi connectivity index (χ3v) is 4.18. The summed E-state index contributed by atoms with van der Waals surface area (Å²) in [5, 5.41) is 9.20. The van der Waals surface area contributed by atoms with Crippen LogP contribution in [0.15, 0.2) is 54.7 Å². The quantitative estimate of drug-likeness (QED) is 0.475. The minimum Gasteiger partial charge on any atom is -0.361 e.